The van der Waals surface area contributed by atoms with Gasteiger partial charge in [-0.3, -0.25) is 14.4 Å². The number of rotatable bonds is 9. The largest absolute Gasteiger partial charge is 0.456 e. The molecule has 0 radical (unpaired) electrons. The molecule has 1 aromatic heterocycles. The minimum Gasteiger partial charge on any atom is -0.456 e. The van der Waals surface area contributed by atoms with Crippen LogP contribution in [0.25, 0.3) is 22.2 Å². The van der Waals surface area contributed by atoms with Crippen molar-refractivity contribution in [1.82, 2.24) is 9.47 Å². The molecule has 3 aromatic carbocycles. The van der Waals surface area contributed by atoms with Gasteiger partial charge in [0.25, 0.3) is 0 Å². The van der Waals surface area contributed by atoms with Crippen LogP contribution >= 0.6 is 0 Å². The summed E-state index contributed by atoms with van der Waals surface area (Å²) in [4.78, 5) is 52.0. The molecule has 0 bridgehead atoms. The van der Waals surface area contributed by atoms with Crippen LogP contribution in [0.4, 0.5) is 13.6 Å². The Kier molecular flexibility index (Phi) is 10.7. The summed E-state index contributed by atoms with van der Waals surface area (Å²) in [5, 5.41) is 0.608. The lowest BCUT2D eigenvalue weighted by atomic mass is 9.97. The summed E-state index contributed by atoms with van der Waals surface area (Å²) in [6.45, 7) is 3.83. The molecule has 4 aromatic rings. The van der Waals surface area contributed by atoms with Crippen molar-refractivity contribution < 1.29 is 51.6 Å². The Morgan fingerprint density at radius 3 is 2.18 bits per heavy atom. The number of benzene rings is 3. The van der Waals surface area contributed by atoms with E-state index in [9.17, 15) is 23.6 Å². The van der Waals surface area contributed by atoms with Crippen molar-refractivity contribution in [2.75, 3.05) is 13.2 Å². The lowest BCUT2D eigenvalue weighted by molar-refractivity contribution is -0.238. The SMILES string of the molecule is CC(=O)O[C@H]1[C@H](OC(C)=O)COC(n2c(-c3ccc(F)cc3)c(C[C@@H]3CCCN3C(=O)OCc3ccccc3)c3ccc(F)cc32)[C@@H]1OC(C)=O. The molecule has 3 heterocycles. The number of hydrogen-bond acceptors (Lipinski definition) is 9. The fraction of sp³-hybridized carbons (Fsp3) is 0.368. The minimum atomic E-state index is -1.37. The zero-order valence-corrected chi connectivity index (χ0v) is 28.4. The van der Waals surface area contributed by atoms with E-state index in [4.69, 9.17) is 23.7 Å². The summed E-state index contributed by atoms with van der Waals surface area (Å²) in [6.07, 6.45) is -3.81. The Morgan fingerprint density at radius 2 is 1.49 bits per heavy atom. The molecule has 2 saturated heterocycles. The number of esters is 3. The van der Waals surface area contributed by atoms with Crippen molar-refractivity contribution in [1.29, 1.82) is 0 Å². The van der Waals surface area contributed by atoms with Crippen LogP contribution < -0.4 is 0 Å². The van der Waals surface area contributed by atoms with Crippen molar-refractivity contribution in [3.05, 3.63) is 95.6 Å². The van der Waals surface area contributed by atoms with Gasteiger partial charge in [0.2, 0.25) is 0 Å². The van der Waals surface area contributed by atoms with Gasteiger partial charge < -0.3 is 33.2 Å². The maximum atomic E-state index is 15.2. The number of likely N-dealkylation sites (tertiary alicyclic amines) is 1. The van der Waals surface area contributed by atoms with Gasteiger partial charge in [0.1, 0.15) is 18.2 Å². The second kappa shape index (κ2) is 15.3. The monoisotopic (exact) mass is 704 g/mol. The Balaban J connectivity index is 1.47. The van der Waals surface area contributed by atoms with Crippen LogP contribution in [-0.2, 0) is 51.1 Å². The van der Waals surface area contributed by atoms with E-state index in [0.717, 1.165) is 12.0 Å². The third kappa shape index (κ3) is 7.88. The van der Waals surface area contributed by atoms with Gasteiger partial charge in [-0.25, -0.2) is 13.6 Å². The highest BCUT2D eigenvalue weighted by atomic mass is 19.1. The van der Waals surface area contributed by atoms with Gasteiger partial charge in [-0.1, -0.05) is 30.3 Å². The van der Waals surface area contributed by atoms with E-state index < -0.39 is 60.2 Å². The first-order valence-electron chi connectivity index (χ1n) is 16.7. The van der Waals surface area contributed by atoms with Crippen LogP contribution in [-0.4, -0.2) is 71.0 Å². The predicted octanol–water partition coefficient (Wildman–Crippen LogP) is 6.25. The topological polar surface area (TPSA) is 123 Å². The number of halogens is 2. The van der Waals surface area contributed by atoms with Crippen LogP contribution in [0.3, 0.4) is 0 Å². The van der Waals surface area contributed by atoms with Gasteiger partial charge >= 0.3 is 24.0 Å². The van der Waals surface area contributed by atoms with E-state index >= 15 is 4.39 Å². The molecule has 2 fully saturated rings. The standard InChI is InChI=1S/C38H38F2N2O9/c1-22(43)49-33-21-47-37(36(51-24(3)45)35(33)50-23(2)44)42-32-18-28(40)15-16-30(32)31(34(42)26-11-13-27(39)14-12-26)19-29-10-7-17-41(29)38(46)48-20-25-8-5-4-6-9-25/h4-6,8-9,11-16,18,29,33,35-37H,7,10,17,19-21H2,1-3H3/t29-,33+,35-,36+,37?/m0/s1. The number of ether oxygens (including phenoxy) is 5. The molecular formula is C38H38F2N2O9. The van der Waals surface area contributed by atoms with E-state index in [-0.39, 0.29) is 19.3 Å². The first-order valence-corrected chi connectivity index (χ1v) is 16.7. The van der Waals surface area contributed by atoms with Gasteiger partial charge in [-0.05, 0) is 78.4 Å². The van der Waals surface area contributed by atoms with E-state index in [1.54, 1.807) is 27.7 Å². The lowest BCUT2D eigenvalue weighted by Gasteiger charge is -2.41. The number of carbonyl (C=O) groups excluding carboxylic acids is 4. The number of nitrogens with zero attached hydrogens (tertiary/aromatic N) is 2. The highest BCUT2D eigenvalue weighted by molar-refractivity contribution is 5.92. The van der Waals surface area contributed by atoms with Crippen molar-refractivity contribution in [3.8, 4) is 11.3 Å². The average Bonchev–Trinajstić information content (AvgIpc) is 3.68. The molecule has 1 amide bonds. The second-order valence-electron chi connectivity index (χ2n) is 12.6. The Morgan fingerprint density at radius 1 is 0.824 bits per heavy atom. The van der Waals surface area contributed by atoms with Crippen molar-refractivity contribution >= 4 is 34.9 Å². The van der Waals surface area contributed by atoms with E-state index in [0.29, 0.717) is 47.1 Å². The molecule has 0 N–H and O–H groups in total. The molecule has 0 spiro atoms. The predicted molar refractivity (Wildman–Crippen MR) is 179 cm³/mol. The van der Waals surface area contributed by atoms with Crippen LogP contribution in [0, 0.1) is 11.6 Å². The Bertz CT molecular complexity index is 1910. The molecule has 11 nitrogen and oxygen atoms in total. The smallest absolute Gasteiger partial charge is 0.410 e. The maximum absolute atomic E-state index is 15.2. The van der Waals surface area contributed by atoms with Crippen LogP contribution in [0.15, 0.2) is 72.8 Å². The number of amides is 1. The lowest BCUT2D eigenvalue weighted by Crippen LogP contribution is -2.55. The quantitative estimate of drug-likeness (QED) is 0.147. The average molecular weight is 705 g/mol. The maximum Gasteiger partial charge on any atom is 0.410 e. The van der Waals surface area contributed by atoms with Gasteiger partial charge in [-0.15, -0.1) is 0 Å². The van der Waals surface area contributed by atoms with Gasteiger partial charge in [-0.2, -0.15) is 0 Å². The van der Waals surface area contributed by atoms with Crippen molar-refractivity contribution in [3.63, 3.8) is 0 Å². The molecule has 1 unspecified atom stereocenters. The third-order valence-electron chi connectivity index (χ3n) is 9.02. The first-order chi connectivity index (χ1) is 24.5. The van der Waals surface area contributed by atoms with Gasteiger partial charge in [0.15, 0.2) is 24.5 Å². The Hall–Kier alpha value is -5.30. The van der Waals surface area contributed by atoms with Gasteiger partial charge in [0, 0.05) is 38.7 Å². The van der Waals surface area contributed by atoms with Crippen LogP contribution in [0.1, 0.15) is 51.0 Å². The Labute approximate surface area is 293 Å². The zero-order valence-electron chi connectivity index (χ0n) is 28.4. The third-order valence-corrected chi connectivity index (χ3v) is 9.02. The summed E-state index contributed by atoms with van der Waals surface area (Å²) in [7, 11) is 0. The second-order valence-corrected chi connectivity index (χ2v) is 12.6. The van der Waals surface area contributed by atoms with E-state index in [1.807, 2.05) is 30.3 Å². The molecular weight excluding hydrogens is 666 g/mol. The first kappa shape index (κ1) is 35.5. The zero-order chi connectivity index (χ0) is 36.2. The van der Waals surface area contributed by atoms with E-state index in [1.165, 1.54) is 45.0 Å². The van der Waals surface area contributed by atoms with Crippen LogP contribution in [0.2, 0.25) is 0 Å². The molecule has 13 heteroatoms. The molecule has 6 rings (SSSR count). The molecule has 0 aliphatic carbocycles. The van der Waals surface area contributed by atoms with E-state index in [2.05, 4.69) is 0 Å². The molecule has 2 aliphatic rings. The molecule has 2 aliphatic heterocycles. The summed E-state index contributed by atoms with van der Waals surface area (Å²) in [5.41, 5.74) is 2.89. The summed E-state index contributed by atoms with van der Waals surface area (Å²) in [6, 6.07) is 19.0. The molecule has 0 saturated carbocycles. The number of carbonyl (C=O) groups is 4. The highest BCUT2D eigenvalue weighted by Gasteiger charge is 2.49. The summed E-state index contributed by atoms with van der Waals surface area (Å²) < 4.78 is 59.9. The van der Waals surface area contributed by atoms with Gasteiger partial charge in [0.05, 0.1) is 17.8 Å². The fourth-order valence-corrected chi connectivity index (χ4v) is 7.01. The summed E-state index contributed by atoms with van der Waals surface area (Å²) in [5.74, 6) is -3.19. The number of aromatic nitrogens is 1. The van der Waals surface area contributed by atoms with Crippen LogP contribution in [0.5, 0.6) is 0 Å². The minimum absolute atomic E-state index is 0.108. The summed E-state index contributed by atoms with van der Waals surface area (Å²) >= 11 is 0. The highest BCUT2D eigenvalue weighted by Crippen LogP contribution is 2.43. The number of fused-ring (bicyclic) bond motifs is 1. The van der Waals surface area contributed by atoms with Crippen molar-refractivity contribution in [2.45, 2.75) is 77.2 Å². The number of hydrogen-bond donors (Lipinski definition) is 0. The molecule has 268 valence electrons. The normalized spacial score (nSPS) is 21.7. The molecule has 51 heavy (non-hydrogen) atoms. The van der Waals surface area contributed by atoms with Crippen molar-refractivity contribution in [2.24, 2.45) is 0 Å². The fourth-order valence-electron chi connectivity index (χ4n) is 7.01. The molecule has 5 atom stereocenters.